The standard InChI is InChI=1S/C18H11F3N2O2S.C11H7F3N2O.C7H5ClOS/c19-18(20,21)15-11-14(16(23-22-15)12-7-3-1-4-8-12)25-17(26)24-13-9-5-2-6-10-13;12-11(13,14)9-6-8(17)10(16-15-9)7-4-2-1-3-5-7;8-7(10)9-6-4-2-1-3-5-6/h1-11H;1-6H,(H,15,17);1-5H. The maximum Gasteiger partial charge on any atom is 0.435 e. The van der Waals surface area contributed by atoms with Crippen LogP contribution in [0, 0.1) is 0 Å². The zero-order chi connectivity index (χ0) is 38.4. The lowest BCUT2D eigenvalue weighted by molar-refractivity contribution is -0.142. The van der Waals surface area contributed by atoms with Gasteiger partial charge in [0, 0.05) is 35.5 Å². The maximum absolute atomic E-state index is 13.0. The van der Waals surface area contributed by atoms with Crippen molar-refractivity contribution in [1.82, 2.24) is 20.4 Å². The quantitative estimate of drug-likeness (QED) is 0.104. The van der Waals surface area contributed by atoms with Crippen molar-refractivity contribution in [3.05, 3.63) is 155 Å². The van der Waals surface area contributed by atoms with Crippen molar-refractivity contribution < 1.29 is 40.6 Å². The van der Waals surface area contributed by atoms with E-state index in [4.69, 9.17) is 38.0 Å². The molecule has 2 heterocycles. The Hall–Kier alpha value is -5.71. The second-order valence-electron chi connectivity index (χ2n) is 10.1. The summed E-state index contributed by atoms with van der Waals surface area (Å²) >= 11 is 14.8. The highest BCUT2D eigenvalue weighted by Crippen LogP contribution is 2.34. The number of rotatable bonds is 5. The van der Waals surface area contributed by atoms with Crippen LogP contribution in [0.4, 0.5) is 26.3 Å². The summed E-state index contributed by atoms with van der Waals surface area (Å²) in [5.74, 6) is 0.874. The number of benzene rings is 4. The average molecular weight is 789 g/mol. The highest BCUT2D eigenvalue weighted by molar-refractivity contribution is 7.82. The van der Waals surface area contributed by atoms with E-state index in [2.05, 4.69) is 27.5 Å². The lowest BCUT2D eigenvalue weighted by Crippen LogP contribution is -2.16. The van der Waals surface area contributed by atoms with Crippen molar-refractivity contribution >= 4 is 45.8 Å². The Labute approximate surface area is 313 Å². The summed E-state index contributed by atoms with van der Waals surface area (Å²) < 4.78 is 91.4. The van der Waals surface area contributed by atoms with Crippen LogP contribution in [0.5, 0.6) is 17.2 Å². The number of para-hydroxylation sites is 2. The topological polar surface area (TPSA) is 99.2 Å². The Morgan fingerprint density at radius 1 is 0.604 bits per heavy atom. The summed E-state index contributed by atoms with van der Waals surface area (Å²) in [7, 11) is 0. The predicted octanol–water partition coefficient (Wildman–Crippen LogP) is 9.95. The third-order valence-electron chi connectivity index (χ3n) is 6.33. The van der Waals surface area contributed by atoms with Crippen LogP contribution in [-0.4, -0.2) is 30.1 Å². The molecule has 6 rings (SSSR count). The third kappa shape index (κ3) is 12.8. The molecule has 8 nitrogen and oxygen atoms in total. The molecule has 1 N–H and O–H groups in total. The zero-order valence-electron chi connectivity index (χ0n) is 26.6. The molecule has 4 aromatic carbocycles. The predicted molar refractivity (Wildman–Crippen MR) is 194 cm³/mol. The van der Waals surface area contributed by atoms with Gasteiger partial charge in [0.15, 0.2) is 11.4 Å². The van der Waals surface area contributed by atoms with Gasteiger partial charge in [0.25, 0.3) is 4.51 Å². The molecule has 272 valence electrons. The van der Waals surface area contributed by atoms with Gasteiger partial charge < -0.3 is 14.2 Å². The van der Waals surface area contributed by atoms with Crippen LogP contribution < -0.4 is 19.6 Å². The van der Waals surface area contributed by atoms with E-state index in [0.29, 0.717) is 28.7 Å². The minimum atomic E-state index is -4.66. The number of thiocarbonyl (C=S) groups is 2. The van der Waals surface area contributed by atoms with Gasteiger partial charge in [0.05, 0.1) is 0 Å². The zero-order valence-corrected chi connectivity index (χ0v) is 29.0. The molecule has 6 aromatic rings. The number of aromatic nitrogens is 4. The molecule has 0 saturated carbocycles. The smallest absolute Gasteiger partial charge is 0.435 e. The molecule has 53 heavy (non-hydrogen) atoms. The summed E-state index contributed by atoms with van der Waals surface area (Å²) in [4.78, 5) is 11.5. The lowest BCUT2D eigenvalue weighted by atomic mass is 10.1. The highest BCUT2D eigenvalue weighted by atomic mass is 35.5. The first-order valence-corrected chi connectivity index (χ1v) is 16.0. The van der Waals surface area contributed by atoms with E-state index in [1.807, 2.05) is 23.3 Å². The van der Waals surface area contributed by atoms with Gasteiger partial charge in [-0.3, -0.25) is 9.89 Å². The number of hydrogen-bond donors (Lipinski definition) is 1. The molecule has 0 aliphatic heterocycles. The van der Waals surface area contributed by atoms with Crippen molar-refractivity contribution in [3.8, 4) is 39.8 Å². The van der Waals surface area contributed by atoms with Crippen molar-refractivity contribution in [3.63, 3.8) is 0 Å². The molecule has 0 spiro atoms. The SMILES string of the molecule is FC(F)(F)c1cc(OC(=S)Oc2ccccc2)c(-c2ccccc2)nn1.O=c1cc(C(F)(F)F)[nH]nc1-c1ccccc1.S=C(Cl)Oc1ccccc1. The second-order valence-corrected chi connectivity index (χ2v) is 11.4. The summed E-state index contributed by atoms with van der Waals surface area (Å²) in [6.45, 7) is 0. The van der Waals surface area contributed by atoms with Crippen LogP contribution in [0.1, 0.15) is 11.4 Å². The molecule has 0 bridgehead atoms. The van der Waals surface area contributed by atoms with Crippen molar-refractivity contribution in [2.24, 2.45) is 0 Å². The fourth-order valence-electron chi connectivity index (χ4n) is 4.01. The van der Waals surface area contributed by atoms with E-state index in [-0.39, 0.29) is 26.9 Å². The third-order valence-corrected chi connectivity index (χ3v) is 6.65. The average Bonchev–Trinajstić information content (AvgIpc) is 3.13. The van der Waals surface area contributed by atoms with E-state index < -0.39 is 29.2 Å². The van der Waals surface area contributed by atoms with Crippen LogP contribution in [0.3, 0.4) is 0 Å². The minimum Gasteiger partial charge on any atom is -0.436 e. The molecular weight excluding hydrogens is 766 g/mol. The lowest BCUT2D eigenvalue weighted by Gasteiger charge is -2.13. The van der Waals surface area contributed by atoms with Gasteiger partial charge in [-0.05, 0) is 48.1 Å². The fourth-order valence-corrected chi connectivity index (χ4v) is 4.39. The molecule has 0 aliphatic rings. The monoisotopic (exact) mass is 788 g/mol. The van der Waals surface area contributed by atoms with Crippen LogP contribution in [0.25, 0.3) is 22.5 Å². The number of nitrogens with zero attached hydrogens (tertiary/aromatic N) is 3. The normalized spacial score (nSPS) is 10.8. The molecule has 17 heteroatoms. The molecule has 0 amide bonds. The minimum absolute atomic E-state index is 0.0196. The number of alkyl halides is 6. The first-order valence-electron chi connectivity index (χ1n) is 14.8. The van der Waals surface area contributed by atoms with E-state index >= 15 is 0 Å². The maximum atomic E-state index is 13.0. The molecular formula is C36H23ClF6N4O4S2. The largest absolute Gasteiger partial charge is 0.436 e. The van der Waals surface area contributed by atoms with Gasteiger partial charge in [-0.1, -0.05) is 97.1 Å². The van der Waals surface area contributed by atoms with Gasteiger partial charge >= 0.3 is 17.6 Å². The van der Waals surface area contributed by atoms with Crippen LogP contribution in [-0.2, 0) is 12.4 Å². The van der Waals surface area contributed by atoms with Gasteiger partial charge in [-0.25, -0.2) is 0 Å². The Balaban J connectivity index is 0.000000198. The Bertz CT molecular complexity index is 2160. The summed E-state index contributed by atoms with van der Waals surface area (Å²) in [5, 5.41) is 11.9. The van der Waals surface area contributed by atoms with Crippen molar-refractivity contribution in [1.29, 1.82) is 0 Å². The number of H-pyrrole nitrogens is 1. The molecule has 0 radical (unpaired) electrons. The molecule has 0 saturated heterocycles. The van der Waals surface area contributed by atoms with Gasteiger partial charge in [-0.15, -0.1) is 10.2 Å². The van der Waals surface area contributed by atoms with E-state index in [0.717, 1.165) is 6.07 Å². The number of aromatic amines is 1. The molecule has 0 aliphatic carbocycles. The molecule has 0 atom stereocenters. The first kappa shape index (κ1) is 40.1. The number of hydrogen-bond acceptors (Lipinski definition) is 9. The Morgan fingerprint density at radius 3 is 1.53 bits per heavy atom. The van der Waals surface area contributed by atoms with Crippen molar-refractivity contribution in [2.75, 3.05) is 0 Å². The van der Waals surface area contributed by atoms with E-state index in [1.54, 1.807) is 103 Å². The first-order chi connectivity index (χ1) is 25.2. The summed E-state index contributed by atoms with van der Waals surface area (Å²) in [5.41, 5.74) is -2.00. The molecule has 0 unspecified atom stereocenters. The number of nitrogens with one attached hydrogen (secondary N) is 1. The van der Waals surface area contributed by atoms with Gasteiger partial charge in [-0.2, -0.15) is 31.4 Å². The molecule has 0 fully saturated rings. The fraction of sp³-hybridized carbons (Fsp3) is 0.0556. The highest BCUT2D eigenvalue weighted by Gasteiger charge is 2.35. The van der Waals surface area contributed by atoms with Crippen molar-refractivity contribution in [2.45, 2.75) is 12.4 Å². The van der Waals surface area contributed by atoms with Crippen LogP contribution in [0.2, 0.25) is 0 Å². The molecule has 2 aromatic heterocycles. The van der Waals surface area contributed by atoms with Gasteiger partial charge in [0.1, 0.15) is 28.6 Å². The van der Waals surface area contributed by atoms with E-state index in [1.165, 1.54) is 0 Å². The van der Waals surface area contributed by atoms with Crippen LogP contribution >= 0.6 is 36.0 Å². The Morgan fingerprint density at radius 2 is 1.08 bits per heavy atom. The second kappa shape index (κ2) is 18.7. The summed E-state index contributed by atoms with van der Waals surface area (Å²) in [6.07, 6.45) is -9.26. The number of ether oxygens (including phenoxy) is 3. The summed E-state index contributed by atoms with van der Waals surface area (Å²) in [6, 6.07) is 35.8. The van der Waals surface area contributed by atoms with Gasteiger partial charge in [0.2, 0.25) is 5.43 Å². The van der Waals surface area contributed by atoms with E-state index in [9.17, 15) is 31.1 Å². The Kier molecular flexibility index (Phi) is 14.1. The van der Waals surface area contributed by atoms with Crippen LogP contribution in [0.15, 0.2) is 138 Å². The number of halogens is 7.